The van der Waals surface area contributed by atoms with Gasteiger partial charge in [0, 0.05) is 76.6 Å². The molecule has 1 aliphatic heterocycles. The van der Waals surface area contributed by atoms with Gasteiger partial charge in [-0.25, -0.2) is 0 Å². The molecule has 209 valence electrons. The quantitative estimate of drug-likeness (QED) is 0.189. The van der Waals surface area contributed by atoms with E-state index in [2.05, 4.69) is 46.9 Å². The molecule has 4 rings (SSSR count). The monoisotopic (exact) mass is 615 g/mol. The molecule has 1 atom stereocenters. The van der Waals surface area contributed by atoms with E-state index in [-0.39, 0.29) is 50.8 Å². The van der Waals surface area contributed by atoms with Crippen molar-refractivity contribution in [1.82, 2.24) is 4.90 Å². The van der Waals surface area contributed by atoms with Gasteiger partial charge in [-0.2, -0.15) is 30.0 Å². The van der Waals surface area contributed by atoms with E-state index >= 15 is 0 Å². The second kappa shape index (κ2) is 16.6. The topological polar surface area (TPSA) is 70.1 Å². The number of hydrogen-bond donors (Lipinski definition) is 1. The standard InChI is InChI=1S/C33H38N2O4.Y/c1-39-31-15-13-30(14-16-31)35-22-20-34(21-23-35)19-18-28(11-10-26-6-3-2-4-7-26)25-32(36)29-9-5-8-27(24-29)12-17-33(37)38;/h2-10,13-16,18,24,28H,11-12,17,19-23,25H2,1H3,(H,37,38);/q-2;. The zero-order valence-electron chi connectivity index (χ0n) is 23.2. The van der Waals surface area contributed by atoms with E-state index in [9.17, 15) is 9.59 Å². The third-order valence-electron chi connectivity index (χ3n) is 7.29. The number of carboxylic acids is 1. The van der Waals surface area contributed by atoms with Crippen molar-refractivity contribution in [3.05, 3.63) is 108 Å². The summed E-state index contributed by atoms with van der Waals surface area (Å²) in [6.07, 6.45) is 6.22. The van der Waals surface area contributed by atoms with E-state index in [1.54, 1.807) is 7.11 Å². The summed E-state index contributed by atoms with van der Waals surface area (Å²) in [6.45, 7) is 4.70. The van der Waals surface area contributed by atoms with Crippen molar-refractivity contribution in [1.29, 1.82) is 0 Å². The number of aliphatic carboxylic acids is 1. The van der Waals surface area contributed by atoms with Gasteiger partial charge in [-0.1, -0.05) is 24.3 Å². The Morgan fingerprint density at radius 2 is 1.68 bits per heavy atom. The number of hydrogen-bond acceptors (Lipinski definition) is 5. The van der Waals surface area contributed by atoms with Crippen LogP contribution in [0.25, 0.3) is 0 Å². The number of methoxy groups -OCH3 is 1. The fraction of sp³-hybridized carbons (Fsp3) is 0.333. The van der Waals surface area contributed by atoms with Crippen LogP contribution in [0.4, 0.5) is 5.69 Å². The summed E-state index contributed by atoms with van der Waals surface area (Å²) < 4.78 is 5.28. The Bertz CT molecular complexity index is 1190. The molecule has 0 saturated carbocycles. The number of nitrogens with zero attached hydrogens (tertiary/aromatic N) is 2. The summed E-state index contributed by atoms with van der Waals surface area (Å²) in [7, 11) is 1.68. The maximum absolute atomic E-state index is 13.3. The zero-order chi connectivity index (χ0) is 27.5. The first kappa shape index (κ1) is 31.9. The van der Waals surface area contributed by atoms with Crippen LogP contribution in [0, 0.1) is 18.8 Å². The largest absolute Gasteiger partial charge is 0.497 e. The van der Waals surface area contributed by atoms with Crippen LogP contribution in [0.2, 0.25) is 0 Å². The molecule has 1 unspecified atom stereocenters. The van der Waals surface area contributed by atoms with Crippen molar-refractivity contribution in [2.45, 2.75) is 25.7 Å². The van der Waals surface area contributed by atoms with Crippen molar-refractivity contribution in [2.75, 3.05) is 44.7 Å². The Morgan fingerprint density at radius 1 is 0.950 bits per heavy atom. The first-order valence-corrected chi connectivity index (χ1v) is 13.7. The molecule has 0 amide bonds. The number of rotatable bonds is 14. The number of benzene rings is 3. The maximum atomic E-state index is 13.3. The number of ether oxygens (including phenoxy) is 1. The van der Waals surface area contributed by atoms with Crippen LogP contribution in [0.5, 0.6) is 5.75 Å². The van der Waals surface area contributed by atoms with Gasteiger partial charge in [-0.05, 0) is 48.7 Å². The van der Waals surface area contributed by atoms with Crippen LogP contribution in [-0.2, 0) is 43.9 Å². The molecule has 0 spiro atoms. The minimum absolute atomic E-state index is 0. The van der Waals surface area contributed by atoms with Crippen molar-refractivity contribution in [3.8, 4) is 5.75 Å². The Balaban J connectivity index is 0.00000441. The Hall–Kier alpha value is -2.67. The summed E-state index contributed by atoms with van der Waals surface area (Å²) in [4.78, 5) is 29.1. The minimum atomic E-state index is -0.831. The Morgan fingerprint density at radius 3 is 2.35 bits per heavy atom. The normalized spacial score (nSPS) is 14.2. The van der Waals surface area contributed by atoms with Crippen LogP contribution >= 0.6 is 0 Å². The fourth-order valence-corrected chi connectivity index (χ4v) is 4.93. The molecular weight excluding hydrogens is 577 g/mol. The Kier molecular flexibility index (Phi) is 13.2. The van der Waals surface area contributed by atoms with Gasteiger partial charge in [0.25, 0.3) is 0 Å². The molecule has 1 radical (unpaired) electrons. The molecule has 40 heavy (non-hydrogen) atoms. The summed E-state index contributed by atoms with van der Waals surface area (Å²) in [5.74, 6) is 0.244. The molecule has 0 aromatic heterocycles. The van der Waals surface area contributed by atoms with Gasteiger partial charge in [0.05, 0.1) is 7.11 Å². The maximum Gasteiger partial charge on any atom is 0.303 e. The van der Waals surface area contributed by atoms with Crippen LogP contribution in [0.3, 0.4) is 0 Å². The van der Waals surface area contributed by atoms with E-state index < -0.39 is 5.97 Å². The molecule has 3 aromatic rings. The number of Topliss-reactive ketones (excluding diaryl/α,β-unsaturated/α-hetero) is 1. The average molecular weight is 616 g/mol. The summed E-state index contributed by atoms with van der Waals surface area (Å²) in [6, 6.07) is 25.9. The molecule has 1 aliphatic rings. The van der Waals surface area contributed by atoms with Crippen molar-refractivity contribution in [2.24, 2.45) is 5.92 Å². The van der Waals surface area contributed by atoms with E-state index in [0.717, 1.165) is 56.0 Å². The number of piperazine rings is 1. The van der Waals surface area contributed by atoms with Crippen LogP contribution in [-0.4, -0.2) is 61.6 Å². The van der Waals surface area contributed by atoms with E-state index in [1.807, 2.05) is 54.6 Å². The van der Waals surface area contributed by atoms with E-state index in [4.69, 9.17) is 9.84 Å². The molecular formula is C33H38N2O4Y-2. The van der Waals surface area contributed by atoms with Crippen molar-refractivity contribution >= 4 is 17.4 Å². The van der Waals surface area contributed by atoms with Gasteiger partial charge in [0.1, 0.15) is 5.75 Å². The predicted molar refractivity (Wildman–Crippen MR) is 155 cm³/mol. The van der Waals surface area contributed by atoms with Gasteiger partial charge in [0.2, 0.25) is 0 Å². The molecule has 3 aromatic carbocycles. The fourth-order valence-electron chi connectivity index (χ4n) is 4.93. The zero-order valence-corrected chi connectivity index (χ0v) is 26.1. The van der Waals surface area contributed by atoms with Gasteiger partial charge in [-0.15, -0.1) is 25.1 Å². The molecule has 1 N–H and O–H groups in total. The molecule has 6 nitrogen and oxygen atoms in total. The Labute approximate surface area is 263 Å². The van der Waals surface area contributed by atoms with E-state index in [0.29, 0.717) is 18.4 Å². The molecule has 1 heterocycles. The molecule has 1 fully saturated rings. The molecule has 0 bridgehead atoms. The third-order valence-corrected chi connectivity index (χ3v) is 7.29. The van der Waals surface area contributed by atoms with Crippen LogP contribution < -0.4 is 9.64 Å². The number of aryl methyl sites for hydroxylation is 1. The minimum Gasteiger partial charge on any atom is -0.497 e. The molecule has 7 heteroatoms. The number of anilines is 1. The second-order valence-electron chi connectivity index (χ2n) is 10.1. The number of carbonyl (C=O) groups excluding carboxylic acids is 1. The van der Waals surface area contributed by atoms with Crippen LogP contribution in [0.15, 0.2) is 78.9 Å². The first-order chi connectivity index (χ1) is 19.0. The smallest absolute Gasteiger partial charge is 0.303 e. The van der Waals surface area contributed by atoms with Gasteiger partial charge >= 0.3 is 5.97 Å². The summed E-state index contributed by atoms with van der Waals surface area (Å²) in [5.41, 5.74) is 3.91. The van der Waals surface area contributed by atoms with E-state index in [1.165, 1.54) is 5.69 Å². The summed E-state index contributed by atoms with van der Waals surface area (Å²) in [5, 5.41) is 9.00. The number of ketones is 1. The van der Waals surface area contributed by atoms with Gasteiger partial charge < -0.3 is 26.1 Å². The first-order valence-electron chi connectivity index (χ1n) is 13.7. The van der Waals surface area contributed by atoms with Crippen molar-refractivity contribution in [3.63, 3.8) is 0 Å². The predicted octanol–water partition coefficient (Wildman–Crippen LogP) is 5.57. The molecule has 1 saturated heterocycles. The SMILES string of the molecule is COc1ccc(N2CCN(C[CH-]C(C[CH-]c3ccccc3)CC(=O)c3cccc(CCC(=O)O)c3)CC2)cc1.[Y]. The second-order valence-corrected chi connectivity index (χ2v) is 10.1. The summed E-state index contributed by atoms with van der Waals surface area (Å²) >= 11 is 0. The van der Waals surface area contributed by atoms with Gasteiger partial charge in [-0.3, -0.25) is 9.59 Å². The number of carboxylic acid groups (broad SMARTS) is 1. The molecule has 0 aliphatic carbocycles. The van der Waals surface area contributed by atoms with Crippen molar-refractivity contribution < 1.29 is 52.1 Å². The van der Waals surface area contributed by atoms with Gasteiger partial charge in [0.15, 0.2) is 5.78 Å². The number of carbonyl (C=O) groups is 2. The third kappa shape index (κ3) is 10.1. The average Bonchev–Trinajstić information content (AvgIpc) is 2.98. The van der Waals surface area contributed by atoms with Crippen LogP contribution in [0.1, 0.15) is 40.7 Å².